The first-order chi connectivity index (χ1) is 8.81. The zero-order valence-electron chi connectivity index (χ0n) is 10.7. The minimum atomic E-state index is 0.442. The zero-order chi connectivity index (χ0) is 12.4. The maximum absolute atomic E-state index is 5.93. The van der Waals surface area contributed by atoms with Gasteiger partial charge in [-0.2, -0.15) is 0 Å². The van der Waals surface area contributed by atoms with Crippen LogP contribution in [0.4, 0.5) is 5.69 Å². The van der Waals surface area contributed by atoms with Gasteiger partial charge in [0.15, 0.2) is 0 Å². The molecule has 0 radical (unpaired) electrons. The van der Waals surface area contributed by atoms with E-state index in [1.54, 1.807) is 0 Å². The molecule has 0 aliphatic heterocycles. The molecule has 96 valence electrons. The smallest absolute Gasteiger partial charge is 0.0455 e. The number of nitrogens with two attached hydrogens (primary N) is 1. The van der Waals surface area contributed by atoms with Crippen molar-refractivity contribution < 1.29 is 0 Å². The molecule has 3 rings (SSSR count). The maximum Gasteiger partial charge on any atom is 0.0455 e. The summed E-state index contributed by atoms with van der Waals surface area (Å²) < 4.78 is 0. The Morgan fingerprint density at radius 2 is 2.00 bits per heavy atom. The highest BCUT2D eigenvalue weighted by Gasteiger charge is 2.17. The molecule has 1 aromatic heterocycles. The number of benzene rings is 1. The van der Waals surface area contributed by atoms with Crippen molar-refractivity contribution in [1.29, 1.82) is 0 Å². The van der Waals surface area contributed by atoms with E-state index in [0.29, 0.717) is 6.04 Å². The number of hydrogen-bond donors (Lipinski definition) is 3. The van der Waals surface area contributed by atoms with Gasteiger partial charge in [-0.3, -0.25) is 0 Å². The standard InChI is InChI=1S/C15H21N3/c16-13-3-1-11(2-4-13)10-18-14-5-6-15-12(9-14)7-8-17-15/h5-9,11,13,17-18H,1-4,10,16H2. The van der Waals surface area contributed by atoms with Gasteiger partial charge in [0, 0.05) is 35.4 Å². The van der Waals surface area contributed by atoms with E-state index in [-0.39, 0.29) is 0 Å². The van der Waals surface area contributed by atoms with Crippen LogP contribution in [0, 0.1) is 5.92 Å². The quantitative estimate of drug-likeness (QED) is 0.776. The minimum absolute atomic E-state index is 0.442. The van der Waals surface area contributed by atoms with Crippen molar-refractivity contribution in [3.63, 3.8) is 0 Å². The van der Waals surface area contributed by atoms with Crippen molar-refractivity contribution in [3.05, 3.63) is 30.5 Å². The summed E-state index contributed by atoms with van der Waals surface area (Å²) in [5, 5.41) is 4.83. The largest absolute Gasteiger partial charge is 0.385 e. The predicted octanol–water partition coefficient (Wildman–Crippen LogP) is 3.10. The molecule has 1 heterocycles. The third-order valence-electron chi connectivity index (χ3n) is 4.04. The normalized spacial score (nSPS) is 24.3. The molecule has 1 fully saturated rings. The van der Waals surface area contributed by atoms with Gasteiger partial charge in [-0.05, 0) is 55.9 Å². The van der Waals surface area contributed by atoms with Gasteiger partial charge in [-0.1, -0.05) is 0 Å². The number of nitrogens with one attached hydrogen (secondary N) is 2. The Balaban J connectivity index is 1.59. The van der Waals surface area contributed by atoms with Crippen molar-refractivity contribution in [2.45, 2.75) is 31.7 Å². The van der Waals surface area contributed by atoms with Crippen LogP contribution in [0.15, 0.2) is 30.5 Å². The van der Waals surface area contributed by atoms with Crippen molar-refractivity contribution in [3.8, 4) is 0 Å². The number of aromatic amines is 1. The van der Waals surface area contributed by atoms with E-state index in [1.807, 2.05) is 6.20 Å². The molecule has 1 aliphatic rings. The van der Waals surface area contributed by atoms with Crippen LogP contribution in [0.5, 0.6) is 0 Å². The lowest BCUT2D eigenvalue weighted by molar-refractivity contribution is 0.339. The van der Waals surface area contributed by atoms with Gasteiger partial charge in [-0.15, -0.1) is 0 Å². The second-order valence-electron chi connectivity index (χ2n) is 5.44. The predicted molar refractivity (Wildman–Crippen MR) is 76.7 cm³/mol. The van der Waals surface area contributed by atoms with Crippen molar-refractivity contribution in [1.82, 2.24) is 4.98 Å². The summed E-state index contributed by atoms with van der Waals surface area (Å²) in [6, 6.07) is 9.04. The molecule has 3 nitrogen and oxygen atoms in total. The average Bonchev–Trinajstić information content (AvgIpc) is 2.85. The third kappa shape index (κ3) is 2.51. The molecule has 1 saturated carbocycles. The lowest BCUT2D eigenvalue weighted by atomic mass is 9.86. The first kappa shape index (κ1) is 11.6. The van der Waals surface area contributed by atoms with E-state index < -0.39 is 0 Å². The van der Waals surface area contributed by atoms with Crippen molar-refractivity contribution >= 4 is 16.6 Å². The molecular weight excluding hydrogens is 222 g/mol. The maximum atomic E-state index is 5.93. The Morgan fingerprint density at radius 1 is 1.17 bits per heavy atom. The molecule has 4 N–H and O–H groups in total. The summed E-state index contributed by atoms with van der Waals surface area (Å²) in [6.45, 7) is 1.07. The summed E-state index contributed by atoms with van der Waals surface area (Å²) in [6.07, 6.45) is 6.88. The average molecular weight is 243 g/mol. The molecule has 3 heteroatoms. The second kappa shape index (κ2) is 5.02. The monoisotopic (exact) mass is 243 g/mol. The van der Waals surface area contributed by atoms with E-state index in [9.17, 15) is 0 Å². The molecule has 2 aromatic rings. The highest BCUT2D eigenvalue weighted by molar-refractivity contribution is 5.82. The van der Waals surface area contributed by atoms with Gasteiger partial charge in [0.05, 0.1) is 0 Å². The molecule has 0 unspecified atom stereocenters. The van der Waals surface area contributed by atoms with Crippen LogP contribution in [0.2, 0.25) is 0 Å². The van der Waals surface area contributed by atoms with E-state index in [2.05, 4.69) is 34.6 Å². The van der Waals surface area contributed by atoms with E-state index in [1.165, 1.54) is 42.3 Å². The molecule has 0 saturated heterocycles. The summed E-state index contributed by atoms with van der Waals surface area (Å²) in [7, 11) is 0. The molecule has 18 heavy (non-hydrogen) atoms. The first-order valence-corrected chi connectivity index (χ1v) is 6.88. The second-order valence-corrected chi connectivity index (χ2v) is 5.44. The highest BCUT2D eigenvalue weighted by Crippen LogP contribution is 2.24. The van der Waals surface area contributed by atoms with E-state index in [4.69, 9.17) is 5.73 Å². The van der Waals surface area contributed by atoms with Gasteiger partial charge in [0.25, 0.3) is 0 Å². The Kier molecular flexibility index (Phi) is 3.24. The summed E-state index contributed by atoms with van der Waals surface area (Å²) in [5.41, 5.74) is 8.35. The Hall–Kier alpha value is -1.48. The summed E-state index contributed by atoms with van der Waals surface area (Å²) >= 11 is 0. The summed E-state index contributed by atoms with van der Waals surface area (Å²) in [4.78, 5) is 3.22. The van der Waals surface area contributed by atoms with Gasteiger partial charge < -0.3 is 16.0 Å². The van der Waals surface area contributed by atoms with Gasteiger partial charge in [-0.25, -0.2) is 0 Å². The van der Waals surface area contributed by atoms with Crippen molar-refractivity contribution in [2.24, 2.45) is 11.7 Å². The molecule has 1 aliphatic carbocycles. The molecule has 0 bridgehead atoms. The number of anilines is 1. The molecule has 0 spiro atoms. The van der Waals surface area contributed by atoms with Crippen molar-refractivity contribution in [2.75, 3.05) is 11.9 Å². The fourth-order valence-electron chi connectivity index (χ4n) is 2.82. The molecule has 1 aromatic carbocycles. The number of H-pyrrole nitrogens is 1. The van der Waals surface area contributed by atoms with Crippen LogP contribution in [-0.4, -0.2) is 17.6 Å². The lowest BCUT2D eigenvalue weighted by Gasteiger charge is -2.26. The van der Waals surface area contributed by atoms with Crippen LogP contribution >= 0.6 is 0 Å². The first-order valence-electron chi connectivity index (χ1n) is 6.88. The Bertz CT molecular complexity index is 509. The fraction of sp³-hybridized carbons (Fsp3) is 0.467. The van der Waals surface area contributed by atoms with Crippen LogP contribution in [0.1, 0.15) is 25.7 Å². The molecule has 0 amide bonds. The van der Waals surface area contributed by atoms with Gasteiger partial charge in [0.1, 0.15) is 0 Å². The van der Waals surface area contributed by atoms with Gasteiger partial charge >= 0.3 is 0 Å². The SMILES string of the molecule is NC1CCC(CNc2ccc3[nH]ccc3c2)CC1. The Morgan fingerprint density at radius 3 is 2.83 bits per heavy atom. The Labute approximate surface area is 108 Å². The highest BCUT2D eigenvalue weighted by atomic mass is 14.9. The van der Waals surface area contributed by atoms with Crippen LogP contribution < -0.4 is 11.1 Å². The lowest BCUT2D eigenvalue weighted by Crippen LogP contribution is -2.29. The number of fused-ring (bicyclic) bond motifs is 1. The van der Waals surface area contributed by atoms with E-state index in [0.717, 1.165) is 12.5 Å². The molecular formula is C15H21N3. The van der Waals surface area contributed by atoms with E-state index >= 15 is 0 Å². The van der Waals surface area contributed by atoms with Crippen LogP contribution in [0.25, 0.3) is 10.9 Å². The third-order valence-corrected chi connectivity index (χ3v) is 4.04. The van der Waals surface area contributed by atoms with Crippen LogP contribution in [-0.2, 0) is 0 Å². The zero-order valence-corrected chi connectivity index (χ0v) is 10.7. The fourth-order valence-corrected chi connectivity index (χ4v) is 2.82. The molecule has 0 atom stereocenters. The topological polar surface area (TPSA) is 53.8 Å². The summed E-state index contributed by atoms with van der Waals surface area (Å²) in [5.74, 6) is 0.784. The number of aromatic nitrogens is 1. The van der Waals surface area contributed by atoms with Gasteiger partial charge in [0.2, 0.25) is 0 Å². The minimum Gasteiger partial charge on any atom is -0.385 e. The van der Waals surface area contributed by atoms with Crippen LogP contribution in [0.3, 0.4) is 0 Å². The number of hydrogen-bond acceptors (Lipinski definition) is 2. The number of rotatable bonds is 3.